The van der Waals surface area contributed by atoms with Gasteiger partial charge in [-0.05, 0) is 40.6 Å². The van der Waals surface area contributed by atoms with Gasteiger partial charge in [0.2, 0.25) is 0 Å². The Labute approximate surface area is 271 Å². The topological polar surface area (TPSA) is 94.9 Å². The summed E-state index contributed by atoms with van der Waals surface area (Å²) in [5.74, 6) is 0. The van der Waals surface area contributed by atoms with E-state index in [9.17, 15) is 5.53 Å². The van der Waals surface area contributed by atoms with E-state index in [-0.39, 0.29) is 13.2 Å². The number of allylic oxidation sites excluding steroid dienone is 1. The average Bonchev–Trinajstić information content (AvgIpc) is 3.11. The van der Waals surface area contributed by atoms with Crippen molar-refractivity contribution in [1.29, 1.82) is 0 Å². The molecule has 1 fully saturated rings. The van der Waals surface area contributed by atoms with Crippen molar-refractivity contribution >= 4 is 0 Å². The lowest BCUT2D eigenvalue weighted by Gasteiger charge is -2.51. The molecule has 0 amide bonds. The molecule has 8 heteroatoms. The Bertz CT molecular complexity index is 1500. The van der Waals surface area contributed by atoms with Crippen LogP contribution in [0.25, 0.3) is 10.4 Å². The van der Waals surface area contributed by atoms with Gasteiger partial charge in [0.1, 0.15) is 24.4 Å². The van der Waals surface area contributed by atoms with Crippen molar-refractivity contribution in [3.8, 4) is 0 Å². The molecule has 8 nitrogen and oxygen atoms in total. The summed E-state index contributed by atoms with van der Waals surface area (Å²) in [6.07, 6.45) is -0.0914. The van der Waals surface area contributed by atoms with E-state index < -0.39 is 30.1 Å². The van der Waals surface area contributed by atoms with E-state index >= 15 is 0 Å². The predicted molar refractivity (Wildman–Crippen MR) is 177 cm³/mol. The third kappa shape index (κ3) is 9.14. The fourth-order valence-electron chi connectivity index (χ4n) is 5.65. The van der Waals surface area contributed by atoms with Gasteiger partial charge in [0.05, 0.1) is 33.0 Å². The van der Waals surface area contributed by atoms with E-state index in [0.717, 1.165) is 22.3 Å². The number of hydrogen-bond donors (Lipinski definition) is 0. The first-order valence-corrected chi connectivity index (χ1v) is 15.6. The predicted octanol–water partition coefficient (Wildman–Crippen LogP) is 8.33. The second-order valence-electron chi connectivity index (χ2n) is 11.3. The summed E-state index contributed by atoms with van der Waals surface area (Å²) in [5.41, 5.74) is 12.5. The standard InChI is InChI=1S/C38H41N3O5/c1-2-3-24-38(40-41-39)37(45-28-33-22-14-7-15-23-33)36(44-27-32-20-12-6-13-21-32)35(43-26-31-18-10-5-11-19-31)34(46-38)29-42-25-30-16-8-4-9-17-30/h2,4-23,34-37H,1,3,24-29H2/t34-,35-,36+,37-,38+/m1/s1. The SMILES string of the molecule is C=CCC[C@]1(N=[N+]=[N-])O[C@H](COCc2ccccc2)[C@@H](OCc2ccccc2)[C@H](OCc2ccccc2)[C@H]1OCc1ccccc1. The van der Waals surface area contributed by atoms with E-state index in [0.29, 0.717) is 32.7 Å². The van der Waals surface area contributed by atoms with Crippen LogP contribution >= 0.6 is 0 Å². The molecule has 5 rings (SSSR count). The Morgan fingerprint density at radius 1 is 0.674 bits per heavy atom. The molecule has 238 valence electrons. The second-order valence-corrected chi connectivity index (χ2v) is 11.3. The monoisotopic (exact) mass is 619 g/mol. The van der Waals surface area contributed by atoms with Crippen molar-refractivity contribution in [3.05, 3.63) is 167 Å². The molecular formula is C38H41N3O5. The van der Waals surface area contributed by atoms with Gasteiger partial charge in [-0.25, -0.2) is 0 Å². The molecule has 0 spiro atoms. The molecule has 0 saturated carbocycles. The Balaban J connectivity index is 1.51. The zero-order chi connectivity index (χ0) is 31.9. The quantitative estimate of drug-likeness (QED) is 0.0513. The van der Waals surface area contributed by atoms with Gasteiger partial charge in [0.15, 0.2) is 5.72 Å². The second kappa shape index (κ2) is 17.4. The van der Waals surface area contributed by atoms with Crippen molar-refractivity contribution < 1.29 is 23.7 Å². The average molecular weight is 620 g/mol. The summed E-state index contributed by atoms with van der Waals surface area (Å²) in [7, 11) is 0. The lowest BCUT2D eigenvalue weighted by atomic mass is 9.87. The fraction of sp³-hybridized carbons (Fsp3) is 0.316. The highest BCUT2D eigenvalue weighted by atomic mass is 16.6. The first kappa shape index (κ1) is 33.1. The molecule has 4 aromatic carbocycles. The summed E-state index contributed by atoms with van der Waals surface area (Å²) >= 11 is 0. The van der Waals surface area contributed by atoms with Crippen molar-refractivity contribution in [1.82, 2.24) is 0 Å². The highest BCUT2D eigenvalue weighted by molar-refractivity contribution is 5.17. The molecular weight excluding hydrogens is 578 g/mol. The number of nitrogens with zero attached hydrogens (tertiary/aromatic N) is 3. The molecule has 1 saturated heterocycles. The third-order valence-electron chi connectivity index (χ3n) is 7.95. The number of ether oxygens (including phenoxy) is 5. The molecule has 46 heavy (non-hydrogen) atoms. The first-order chi connectivity index (χ1) is 22.7. The van der Waals surface area contributed by atoms with Gasteiger partial charge >= 0.3 is 0 Å². The minimum atomic E-state index is -1.41. The Morgan fingerprint density at radius 2 is 1.13 bits per heavy atom. The fourth-order valence-corrected chi connectivity index (χ4v) is 5.65. The van der Waals surface area contributed by atoms with Gasteiger partial charge < -0.3 is 23.7 Å². The van der Waals surface area contributed by atoms with E-state index in [1.165, 1.54) is 0 Å². The molecule has 5 atom stereocenters. The molecule has 4 aromatic rings. The van der Waals surface area contributed by atoms with Gasteiger partial charge in [-0.15, -0.1) is 6.58 Å². The summed E-state index contributed by atoms with van der Waals surface area (Å²) in [4.78, 5) is 3.27. The molecule has 1 heterocycles. The molecule has 0 radical (unpaired) electrons. The van der Waals surface area contributed by atoms with E-state index in [2.05, 4.69) is 16.6 Å². The van der Waals surface area contributed by atoms with Crippen LogP contribution in [-0.4, -0.2) is 36.7 Å². The van der Waals surface area contributed by atoms with Crippen molar-refractivity contribution in [2.45, 2.75) is 69.4 Å². The lowest BCUT2D eigenvalue weighted by Crippen LogP contribution is -2.66. The van der Waals surface area contributed by atoms with Crippen molar-refractivity contribution in [2.75, 3.05) is 6.61 Å². The smallest absolute Gasteiger partial charge is 0.176 e. The van der Waals surface area contributed by atoms with Gasteiger partial charge in [-0.1, -0.05) is 133 Å². The van der Waals surface area contributed by atoms with E-state index in [1.807, 2.05) is 121 Å². The van der Waals surface area contributed by atoms with Crippen LogP contribution in [0.1, 0.15) is 35.1 Å². The van der Waals surface area contributed by atoms with Crippen LogP contribution in [0.15, 0.2) is 139 Å². The normalized spacial score (nSPS) is 22.5. The summed E-state index contributed by atoms with van der Waals surface area (Å²) in [6.45, 7) is 5.37. The highest BCUT2D eigenvalue weighted by Gasteiger charge is 2.56. The Hall–Kier alpha value is -4.27. The van der Waals surface area contributed by atoms with Crippen LogP contribution in [0.3, 0.4) is 0 Å². The van der Waals surface area contributed by atoms with Crippen LogP contribution in [0.5, 0.6) is 0 Å². The van der Waals surface area contributed by atoms with E-state index in [4.69, 9.17) is 23.7 Å². The number of benzene rings is 4. The minimum Gasteiger partial charge on any atom is -0.374 e. The summed E-state index contributed by atoms with van der Waals surface area (Å²) in [6, 6.07) is 39.7. The third-order valence-corrected chi connectivity index (χ3v) is 7.95. The minimum absolute atomic E-state index is 0.182. The molecule has 0 aromatic heterocycles. The van der Waals surface area contributed by atoms with Crippen LogP contribution in [0.2, 0.25) is 0 Å². The largest absolute Gasteiger partial charge is 0.374 e. The molecule has 1 aliphatic heterocycles. The first-order valence-electron chi connectivity index (χ1n) is 15.6. The molecule has 0 bridgehead atoms. The lowest BCUT2D eigenvalue weighted by molar-refractivity contribution is -0.308. The van der Waals surface area contributed by atoms with Crippen LogP contribution in [0, 0.1) is 0 Å². The van der Waals surface area contributed by atoms with Crippen molar-refractivity contribution in [2.24, 2.45) is 5.11 Å². The van der Waals surface area contributed by atoms with Gasteiger partial charge in [0.25, 0.3) is 0 Å². The van der Waals surface area contributed by atoms with Crippen LogP contribution < -0.4 is 0 Å². The zero-order valence-corrected chi connectivity index (χ0v) is 26.0. The van der Waals surface area contributed by atoms with E-state index in [1.54, 1.807) is 6.08 Å². The van der Waals surface area contributed by atoms with Crippen molar-refractivity contribution in [3.63, 3.8) is 0 Å². The van der Waals surface area contributed by atoms with Gasteiger partial charge in [0, 0.05) is 4.91 Å². The molecule has 1 aliphatic rings. The summed E-state index contributed by atoms with van der Waals surface area (Å²) in [5, 5.41) is 4.32. The maximum atomic E-state index is 9.90. The van der Waals surface area contributed by atoms with Gasteiger partial charge in [-0.3, -0.25) is 0 Å². The number of rotatable bonds is 17. The zero-order valence-electron chi connectivity index (χ0n) is 26.0. The Kier molecular flexibility index (Phi) is 12.5. The van der Waals surface area contributed by atoms with Crippen LogP contribution in [0.4, 0.5) is 0 Å². The number of hydrogen-bond acceptors (Lipinski definition) is 6. The molecule has 0 unspecified atom stereocenters. The summed E-state index contributed by atoms with van der Waals surface area (Å²) < 4.78 is 33.2. The highest BCUT2D eigenvalue weighted by Crippen LogP contribution is 2.41. The molecule has 0 N–H and O–H groups in total. The maximum Gasteiger partial charge on any atom is 0.176 e. The number of azide groups is 1. The maximum absolute atomic E-state index is 9.90. The molecule has 0 aliphatic carbocycles. The van der Waals surface area contributed by atoms with Gasteiger partial charge in [-0.2, -0.15) is 0 Å². The Morgan fingerprint density at radius 3 is 1.61 bits per heavy atom. The van der Waals surface area contributed by atoms with Crippen LogP contribution in [-0.2, 0) is 50.1 Å².